The molecule has 1 N–H and O–H groups in total. The van der Waals surface area contributed by atoms with Gasteiger partial charge in [-0.15, -0.1) is 0 Å². The summed E-state index contributed by atoms with van der Waals surface area (Å²) in [6.45, 7) is 6.33. The summed E-state index contributed by atoms with van der Waals surface area (Å²) < 4.78 is 4.03. The van der Waals surface area contributed by atoms with E-state index in [9.17, 15) is 0 Å². The van der Waals surface area contributed by atoms with Crippen molar-refractivity contribution < 1.29 is 44.2 Å². The molecule has 48 valence electrons. The average molecular weight is 140 g/mol. The van der Waals surface area contributed by atoms with Crippen LogP contribution in [0.25, 0.3) is 0 Å². The van der Waals surface area contributed by atoms with Crippen LogP contribution >= 0.6 is 0 Å². The van der Waals surface area contributed by atoms with Gasteiger partial charge in [0.05, 0.1) is 6.26 Å². The Hall–Kier alpha value is 0.0100. The van der Waals surface area contributed by atoms with Gasteiger partial charge in [0.15, 0.2) is 0 Å². The van der Waals surface area contributed by atoms with Crippen LogP contribution in [0.4, 0.5) is 0 Å². The van der Waals surface area contributed by atoms with Gasteiger partial charge in [0, 0.05) is 6.61 Å². The van der Waals surface area contributed by atoms with E-state index < -0.39 is 0 Å². The first-order valence-corrected chi connectivity index (χ1v) is 2.07. The molecule has 0 saturated carbocycles. The van der Waals surface area contributed by atoms with Crippen molar-refractivity contribution in [3.05, 3.63) is 12.8 Å². The summed E-state index contributed by atoms with van der Waals surface area (Å²) in [5, 5.41) is 7.33. The minimum atomic E-state index is 0. The fourth-order valence-electron chi connectivity index (χ4n) is 0.0589. The molecular formula is C5H9NaO3. The molecule has 0 aromatic rings. The van der Waals surface area contributed by atoms with Crippen molar-refractivity contribution in [1.82, 2.24) is 0 Å². The van der Waals surface area contributed by atoms with Crippen LogP contribution in [0.15, 0.2) is 12.8 Å². The molecule has 0 aromatic heterocycles. The van der Waals surface area contributed by atoms with Crippen molar-refractivity contribution in [2.45, 2.75) is 6.92 Å². The van der Waals surface area contributed by atoms with Crippen LogP contribution in [0, 0.1) is 0 Å². The van der Waals surface area contributed by atoms with Crippen molar-refractivity contribution >= 4 is 6.47 Å². The fraction of sp³-hybridized carbons (Fsp3) is 0.400. The first kappa shape index (κ1) is 16.0. The average Bonchev–Trinajstić information content (AvgIpc) is 1.71. The maximum absolute atomic E-state index is 9.06. The summed E-state index contributed by atoms with van der Waals surface area (Å²) in [5.74, 6) is 0. The molecule has 0 amide bonds. The van der Waals surface area contributed by atoms with Crippen molar-refractivity contribution in [3.8, 4) is 0 Å². The Kier molecular flexibility index (Phi) is 43.5. The molecule has 3 nitrogen and oxygen atoms in total. The molecule has 0 bridgehead atoms. The zero-order valence-corrected chi connectivity index (χ0v) is 7.76. The van der Waals surface area contributed by atoms with Gasteiger partial charge in [-0.3, -0.25) is 0 Å². The maximum atomic E-state index is 9.06. The second kappa shape index (κ2) is 24.5. The van der Waals surface area contributed by atoms with E-state index in [1.165, 1.54) is 6.47 Å². The van der Waals surface area contributed by atoms with Gasteiger partial charge in [-0.2, -0.15) is 0 Å². The van der Waals surface area contributed by atoms with E-state index in [0.29, 0.717) is 6.61 Å². The third kappa shape index (κ3) is 71.6. The van der Waals surface area contributed by atoms with E-state index in [2.05, 4.69) is 11.3 Å². The van der Waals surface area contributed by atoms with E-state index in [1.54, 1.807) is 6.92 Å². The van der Waals surface area contributed by atoms with E-state index in [0.717, 1.165) is 6.26 Å². The van der Waals surface area contributed by atoms with Crippen LogP contribution in [-0.2, 0) is 9.53 Å². The van der Waals surface area contributed by atoms with Gasteiger partial charge < -0.3 is 14.6 Å². The van der Waals surface area contributed by atoms with Crippen molar-refractivity contribution in [2.75, 3.05) is 6.61 Å². The standard InChI is InChI=1S/C3H5O2.C2H4O.Na/c1-2-5-3-4;1-2-3;/h2H2,1H3;2-3H,1H2;/q-1;;+1. The zero-order chi connectivity index (χ0) is 6.83. The second-order valence-electron chi connectivity index (χ2n) is 0.699. The second-order valence-corrected chi connectivity index (χ2v) is 0.699. The topological polar surface area (TPSA) is 46.5 Å². The number of carbonyl (C=O) groups excluding carboxylic acids is 1. The van der Waals surface area contributed by atoms with Gasteiger partial charge >= 0.3 is 29.6 Å². The van der Waals surface area contributed by atoms with Gasteiger partial charge in [-0.05, 0) is 6.92 Å². The van der Waals surface area contributed by atoms with Crippen LogP contribution in [0.2, 0.25) is 0 Å². The number of hydrogen-bond donors (Lipinski definition) is 1. The molecule has 9 heavy (non-hydrogen) atoms. The summed E-state index contributed by atoms with van der Waals surface area (Å²) >= 11 is 0. The van der Waals surface area contributed by atoms with Gasteiger partial charge in [0.25, 0.3) is 0 Å². The van der Waals surface area contributed by atoms with E-state index in [-0.39, 0.29) is 29.6 Å². The Morgan fingerprint density at radius 1 is 1.89 bits per heavy atom. The van der Waals surface area contributed by atoms with Crippen LogP contribution in [-0.4, -0.2) is 18.2 Å². The molecule has 0 spiro atoms. The SMILES string of the molecule is C=CO.CCO[C-]=O.[Na+]. The zero-order valence-electron chi connectivity index (χ0n) is 5.76. The molecule has 0 rings (SSSR count). The molecule has 4 heteroatoms. The van der Waals surface area contributed by atoms with Crippen LogP contribution in [0.5, 0.6) is 0 Å². The monoisotopic (exact) mass is 140 g/mol. The molecule has 0 atom stereocenters. The summed E-state index contributed by atoms with van der Waals surface area (Å²) in [4.78, 5) is 9.06. The predicted octanol–water partition coefficient (Wildman–Crippen LogP) is -2.22. The number of hydrogen-bond acceptors (Lipinski definition) is 3. The van der Waals surface area contributed by atoms with E-state index >= 15 is 0 Å². The minimum absolute atomic E-state index is 0. The summed E-state index contributed by atoms with van der Waals surface area (Å²) in [6.07, 6.45) is 0.750. The third-order valence-corrected chi connectivity index (χ3v) is 0.203. The summed E-state index contributed by atoms with van der Waals surface area (Å²) in [7, 11) is 0. The van der Waals surface area contributed by atoms with Crippen molar-refractivity contribution in [3.63, 3.8) is 0 Å². The molecular weight excluding hydrogens is 131 g/mol. The largest absolute Gasteiger partial charge is 1.00 e. The molecule has 0 radical (unpaired) electrons. The number of aliphatic hydroxyl groups excluding tert-OH is 1. The van der Waals surface area contributed by atoms with Crippen molar-refractivity contribution in [1.29, 1.82) is 0 Å². The van der Waals surface area contributed by atoms with E-state index in [4.69, 9.17) is 9.90 Å². The molecule has 0 aliphatic heterocycles. The maximum Gasteiger partial charge on any atom is 1.00 e. The van der Waals surface area contributed by atoms with Crippen LogP contribution in [0.1, 0.15) is 6.92 Å². The molecule has 0 aliphatic carbocycles. The van der Waals surface area contributed by atoms with Gasteiger partial charge in [-0.1, -0.05) is 13.1 Å². The molecule has 0 unspecified atom stereocenters. The quantitative estimate of drug-likeness (QED) is 0.268. The molecule has 0 aromatic carbocycles. The molecule has 0 saturated heterocycles. The van der Waals surface area contributed by atoms with E-state index in [1.807, 2.05) is 0 Å². The normalized spacial score (nSPS) is 5.00. The Labute approximate surface area is 77.0 Å². The number of ether oxygens (including phenoxy) is 1. The first-order chi connectivity index (χ1) is 3.83. The Balaban J connectivity index is -0.0000000800. The molecule has 0 fully saturated rings. The summed E-state index contributed by atoms with van der Waals surface area (Å²) in [6, 6.07) is 0. The third-order valence-electron chi connectivity index (χ3n) is 0.203. The predicted molar refractivity (Wildman–Crippen MR) is 30.1 cm³/mol. The van der Waals surface area contributed by atoms with Crippen molar-refractivity contribution in [2.24, 2.45) is 0 Å². The first-order valence-electron chi connectivity index (χ1n) is 2.07. The van der Waals surface area contributed by atoms with Gasteiger partial charge in [0.1, 0.15) is 0 Å². The number of aliphatic hydroxyl groups is 1. The molecule has 0 heterocycles. The minimum Gasteiger partial charge on any atom is -0.653 e. The molecule has 0 aliphatic rings. The Morgan fingerprint density at radius 3 is 2.22 bits per heavy atom. The Morgan fingerprint density at radius 2 is 2.22 bits per heavy atom. The van der Waals surface area contributed by atoms with Crippen LogP contribution in [0.3, 0.4) is 0 Å². The fourth-order valence-corrected chi connectivity index (χ4v) is 0.0589. The van der Waals surface area contributed by atoms with Crippen LogP contribution < -0.4 is 29.6 Å². The van der Waals surface area contributed by atoms with Gasteiger partial charge in [-0.25, -0.2) is 0 Å². The number of rotatable bonds is 2. The summed E-state index contributed by atoms with van der Waals surface area (Å²) in [5.41, 5.74) is 0. The van der Waals surface area contributed by atoms with Gasteiger partial charge in [0.2, 0.25) is 0 Å². The Bertz CT molecular complexity index is 56.2. The smallest absolute Gasteiger partial charge is 0.653 e.